The molecule has 0 unspecified atom stereocenters. The minimum atomic E-state index is -1.17. The molecule has 1 saturated heterocycles. The Morgan fingerprint density at radius 2 is 1.67 bits per heavy atom. The molecule has 4 N–H and O–H groups in total. The maximum absolute atomic E-state index is 13.9. The molecular weight excluding hydrogens is 618 g/mol. The molecule has 3 amide bonds. The van der Waals surface area contributed by atoms with Crippen molar-refractivity contribution < 1.29 is 24.3 Å². The van der Waals surface area contributed by atoms with Crippen LogP contribution in [0.15, 0.2) is 66.7 Å². The highest BCUT2D eigenvalue weighted by molar-refractivity contribution is 5.99. The summed E-state index contributed by atoms with van der Waals surface area (Å²) >= 11 is 0. The highest BCUT2D eigenvalue weighted by Crippen LogP contribution is 2.38. The molecule has 1 aliphatic heterocycles. The first kappa shape index (κ1) is 36.1. The molecule has 2 aromatic carbocycles. The van der Waals surface area contributed by atoms with Crippen molar-refractivity contribution in [2.24, 2.45) is 11.8 Å². The van der Waals surface area contributed by atoms with Gasteiger partial charge in [-0.15, -0.1) is 0 Å². The lowest BCUT2D eigenvalue weighted by molar-refractivity contribution is -0.132. The van der Waals surface area contributed by atoms with E-state index >= 15 is 0 Å². The topological polar surface area (TPSA) is 141 Å². The van der Waals surface area contributed by atoms with E-state index in [9.17, 15) is 24.3 Å². The van der Waals surface area contributed by atoms with Gasteiger partial charge in [-0.1, -0.05) is 87.2 Å². The van der Waals surface area contributed by atoms with Crippen LogP contribution in [0.1, 0.15) is 81.3 Å². The minimum Gasteiger partial charge on any atom is -0.390 e. The lowest BCUT2D eigenvalue weighted by Gasteiger charge is -2.46. The fourth-order valence-corrected chi connectivity index (χ4v) is 7.40. The Kier molecular flexibility index (Phi) is 12.9. The van der Waals surface area contributed by atoms with Gasteiger partial charge >= 0.3 is 0 Å². The zero-order valence-electron chi connectivity index (χ0n) is 28.8. The predicted molar refractivity (Wildman–Crippen MR) is 190 cm³/mol. The number of amides is 3. The van der Waals surface area contributed by atoms with Crippen molar-refractivity contribution in [3.8, 4) is 0 Å². The van der Waals surface area contributed by atoms with E-state index in [2.05, 4.69) is 32.8 Å². The second-order valence-electron chi connectivity index (χ2n) is 13.8. The number of ketones is 1. The van der Waals surface area contributed by atoms with E-state index in [1.54, 1.807) is 18.2 Å². The number of nitrogens with zero attached hydrogens (tertiary/aromatic N) is 2. The maximum Gasteiger partial charge on any atom is 0.270 e. The monoisotopic (exact) mass is 669 g/mol. The lowest BCUT2D eigenvalue weighted by atomic mass is 9.72. The van der Waals surface area contributed by atoms with Crippen LogP contribution in [0, 0.1) is 11.8 Å². The van der Waals surface area contributed by atoms with Crippen LogP contribution in [0.5, 0.6) is 0 Å². The minimum absolute atomic E-state index is 0.000136. The Morgan fingerprint density at radius 1 is 0.939 bits per heavy atom. The molecule has 0 bridgehead atoms. The van der Waals surface area contributed by atoms with Crippen molar-refractivity contribution in [3.63, 3.8) is 0 Å². The van der Waals surface area contributed by atoms with Gasteiger partial charge in [-0.3, -0.25) is 24.1 Å². The molecule has 1 saturated carbocycles. The second kappa shape index (κ2) is 17.5. The third kappa shape index (κ3) is 9.95. The van der Waals surface area contributed by atoms with Crippen LogP contribution in [0.25, 0.3) is 10.9 Å². The number of Topliss-reactive ketones (excluding diaryl/α,β-unsaturated/α-hetero) is 1. The summed E-state index contributed by atoms with van der Waals surface area (Å²) in [5.74, 6) is -0.429. The van der Waals surface area contributed by atoms with Gasteiger partial charge in [0.25, 0.3) is 5.91 Å². The van der Waals surface area contributed by atoms with Crippen molar-refractivity contribution in [2.75, 3.05) is 19.6 Å². The number of hydrogen-bond donors (Lipinski definition) is 4. The fraction of sp³-hybridized carbons (Fsp3) is 0.513. The van der Waals surface area contributed by atoms with Crippen LogP contribution < -0.4 is 16.0 Å². The summed E-state index contributed by atoms with van der Waals surface area (Å²) in [6.07, 6.45) is 6.36. The molecule has 0 spiro atoms. The van der Waals surface area contributed by atoms with Crippen LogP contribution >= 0.6 is 0 Å². The number of piperidine rings is 1. The van der Waals surface area contributed by atoms with Crippen LogP contribution in [0.3, 0.4) is 0 Å². The molecule has 10 nitrogen and oxygen atoms in total. The highest BCUT2D eigenvalue weighted by Gasteiger charge is 2.41. The third-order valence-electron chi connectivity index (χ3n) is 10.1. The van der Waals surface area contributed by atoms with Crippen molar-refractivity contribution in [3.05, 3.63) is 78.0 Å². The number of unbranched alkanes of at least 4 members (excludes halogenated alkanes) is 1. The molecule has 5 rings (SSSR count). The van der Waals surface area contributed by atoms with E-state index in [1.165, 1.54) is 19.8 Å². The van der Waals surface area contributed by atoms with E-state index in [0.717, 1.165) is 49.6 Å². The van der Waals surface area contributed by atoms with Gasteiger partial charge in [0, 0.05) is 31.4 Å². The molecule has 1 aromatic heterocycles. The Bertz CT molecular complexity index is 1580. The summed E-state index contributed by atoms with van der Waals surface area (Å²) in [5.41, 5.74) is 1.69. The van der Waals surface area contributed by atoms with Gasteiger partial charge in [0.2, 0.25) is 11.8 Å². The first-order valence-electron chi connectivity index (χ1n) is 17.9. The van der Waals surface area contributed by atoms with Gasteiger partial charge in [-0.2, -0.15) is 0 Å². The lowest BCUT2D eigenvalue weighted by Crippen LogP contribution is -2.60. The van der Waals surface area contributed by atoms with Crippen LogP contribution in [0.4, 0.5) is 0 Å². The normalized spacial score (nSPS) is 21.2. The van der Waals surface area contributed by atoms with E-state index < -0.39 is 30.0 Å². The number of pyridine rings is 1. The van der Waals surface area contributed by atoms with Crippen LogP contribution in [0.2, 0.25) is 0 Å². The first-order chi connectivity index (χ1) is 23.7. The summed E-state index contributed by atoms with van der Waals surface area (Å²) in [6, 6.07) is 18.1. The molecule has 2 heterocycles. The summed E-state index contributed by atoms with van der Waals surface area (Å²) in [7, 11) is 0. The van der Waals surface area contributed by atoms with E-state index in [1.807, 2.05) is 48.5 Å². The van der Waals surface area contributed by atoms with Crippen molar-refractivity contribution >= 4 is 34.4 Å². The second-order valence-corrected chi connectivity index (χ2v) is 13.8. The van der Waals surface area contributed by atoms with Crippen molar-refractivity contribution in [1.82, 2.24) is 25.8 Å². The SMILES string of the molecule is CCCCNC(=O)[C@@H]1C[C@@H]2CCCC[C@@H]2CN1C[C@@H](O)[C@H](Cc1ccccc1)NC(=O)[C@H](CC(C)=O)NC(=O)c1ccc2ccccc2n1. The molecule has 3 aromatic rings. The number of carbonyl (C=O) groups excluding carboxylic acids is 4. The number of para-hydroxylation sites is 1. The summed E-state index contributed by atoms with van der Waals surface area (Å²) in [6.45, 7) is 5.02. The molecule has 49 heavy (non-hydrogen) atoms. The van der Waals surface area contributed by atoms with Crippen LogP contribution in [-0.2, 0) is 20.8 Å². The van der Waals surface area contributed by atoms with Gasteiger partial charge < -0.3 is 21.1 Å². The van der Waals surface area contributed by atoms with Gasteiger partial charge in [0.05, 0.1) is 23.7 Å². The van der Waals surface area contributed by atoms with Gasteiger partial charge in [0.15, 0.2) is 0 Å². The molecule has 6 atom stereocenters. The Morgan fingerprint density at radius 3 is 2.43 bits per heavy atom. The molecule has 2 aliphatic rings. The first-order valence-corrected chi connectivity index (χ1v) is 17.9. The van der Waals surface area contributed by atoms with E-state index in [4.69, 9.17) is 0 Å². The number of fused-ring (bicyclic) bond motifs is 2. The predicted octanol–water partition coefficient (Wildman–Crippen LogP) is 4.20. The summed E-state index contributed by atoms with van der Waals surface area (Å²) < 4.78 is 0. The highest BCUT2D eigenvalue weighted by atomic mass is 16.3. The smallest absolute Gasteiger partial charge is 0.270 e. The van der Waals surface area contributed by atoms with Crippen molar-refractivity contribution in [1.29, 1.82) is 0 Å². The number of benzene rings is 2. The standard InChI is InChI=1S/C39H51N5O5/c1-3-4-20-40-39(49)35-23-29-15-8-9-16-30(29)24-44(35)25-36(46)33(22-27-12-6-5-7-13-27)42-38(48)34(21-26(2)45)43-37(47)32-19-18-28-14-10-11-17-31(28)41-32/h5-7,10-14,17-19,29-30,33-36,46H,3-4,8-9,15-16,20-25H2,1-2H3,(H,40,49)(H,42,48)(H,43,47)/t29-,30+,33-,34-,35-,36+/m0/s1. The number of hydrogen-bond acceptors (Lipinski definition) is 7. The Balaban J connectivity index is 1.34. The average Bonchev–Trinajstić information content (AvgIpc) is 3.10. The third-order valence-corrected chi connectivity index (χ3v) is 10.1. The molecule has 262 valence electrons. The average molecular weight is 670 g/mol. The van der Waals surface area contributed by atoms with Gasteiger partial charge in [-0.25, -0.2) is 4.98 Å². The molecular formula is C39H51N5O5. The maximum atomic E-state index is 13.9. The molecule has 1 aliphatic carbocycles. The number of aliphatic hydroxyl groups excluding tert-OH is 1. The van der Waals surface area contributed by atoms with Gasteiger partial charge in [-0.05, 0) is 62.1 Å². The Hall–Kier alpha value is -4.15. The summed E-state index contributed by atoms with van der Waals surface area (Å²) in [4.78, 5) is 59.5. The number of β-amino-alcohol motifs (C(OH)–C–C–N with tert-alkyl or cyclic N) is 1. The number of aliphatic hydroxyl groups is 1. The zero-order chi connectivity index (χ0) is 34.8. The molecule has 0 radical (unpaired) electrons. The van der Waals surface area contributed by atoms with Crippen LogP contribution in [-0.4, -0.2) is 82.4 Å². The zero-order valence-corrected chi connectivity index (χ0v) is 28.8. The number of likely N-dealkylation sites (tertiary alicyclic amines) is 1. The fourth-order valence-electron chi connectivity index (χ4n) is 7.40. The quantitative estimate of drug-likeness (QED) is 0.178. The molecule has 10 heteroatoms. The largest absolute Gasteiger partial charge is 0.390 e. The van der Waals surface area contributed by atoms with E-state index in [-0.39, 0.29) is 36.4 Å². The number of nitrogens with one attached hydrogen (secondary N) is 3. The van der Waals surface area contributed by atoms with Crippen molar-refractivity contribution in [2.45, 2.75) is 95.9 Å². The van der Waals surface area contributed by atoms with E-state index in [0.29, 0.717) is 30.3 Å². The summed E-state index contributed by atoms with van der Waals surface area (Å²) in [5, 5.41) is 21.6. The number of aromatic nitrogens is 1. The Labute approximate surface area is 289 Å². The molecule has 2 fully saturated rings. The number of carbonyl (C=O) groups is 4. The van der Waals surface area contributed by atoms with Gasteiger partial charge in [0.1, 0.15) is 17.5 Å². The number of rotatable bonds is 15.